The van der Waals surface area contributed by atoms with Crippen molar-refractivity contribution < 1.29 is 28.7 Å². The molecular formula is C50H53ClN8O6S. The van der Waals surface area contributed by atoms with E-state index in [0.717, 1.165) is 96.1 Å². The van der Waals surface area contributed by atoms with Crippen molar-refractivity contribution in [2.45, 2.75) is 81.3 Å². The number of anilines is 2. The molecule has 4 saturated heterocycles. The molecule has 0 spiro atoms. The second kappa shape index (κ2) is 18.8. The van der Waals surface area contributed by atoms with Gasteiger partial charge in [-0.15, -0.1) is 11.3 Å². The van der Waals surface area contributed by atoms with E-state index in [1.54, 1.807) is 11.1 Å². The van der Waals surface area contributed by atoms with E-state index in [1.165, 1.54) is 11.3 Å². The number of halogens is 1. The maximum Gasteiger partial charge on any atom is 0.264 e. The summed E-state index contributed by atoms with van der Waals surface area (Å²) >= 11 is 8.05. The standard InChI is InChI=1S/C50H53ClN8O6S/c51-38-8-5-10-40-45(38)66-47(55-40)36-7-2-4-11-41(36)65-50(19-26-59(27-20-50)48(63)37-29-44(61)54-39-9-3-1-6-35(37)39)49(64)53-33-17-22-57(23-18-33)30-31-15-24-58(25-16-31)42-28-32(14-21-52-42)34-12-13-43(60)56-46(34)62/h1-11,14,21,28,31,33-34,37H,12-13,15-20,22-27,29-30H2,(H,53,64)(H,54,61)(H,56,60,62)/t34?,37-/m0/s1. The second-order valence-electron chi connectivity index (χ2n) is 18.3. The summed E-state index contributed by atoms with van der Waals surface area (Å²) in [5.41, 5.74) is 2.66. The molecule has 10 rings (SSSR count). The molecule has 5 aliphatic heterocycles. The molecule has 3 N–H and O–H groups in total. The number of ether oxygens (including phenoxy) is 1. The first-order chi connectivity index (χ1) is 32.1. The highest BCUT2D eigenvalue weighted by Crippen LogP contribution is 2.42. The van der Waals surface area contributed by atoms with Gasteiger partial charge in [0, 0.05) is 89.4 Å². The summed E-state index contributed by atoms with van der Waals surface area (Å²) in [7, 11) is 0. The second-order valence-corrected chi connectivity index (χ2v) is 19.8. The van der Waals surface area contributed by atoms with Crippen LogP contribution in [0.2, 0.25) is 5.02 Å². The lowest BCUT2D eigenvalue weighted by Gasteiger charge is -2.43. The first-order valence-electron chi connectivity index (χ1n) is 23.2. The summed E-state index contributed by atoms with van der Waals surface area (Å²) in [5.74, 6) is 0.0955. The Morgan fingerprint density at radius 1 is 0.848 bits per heavy atom. The van der Waals surface area contributed by atoms with Crippen molar-refractivity contribution >= 4 is 74.2 Å². The Bertz CT molecular complexity index is 2670. The fourth-order valence-corrected chi connectivity index (χ4v) is 11.7. The van der Waals surface area contributed by atoms with E-state index in [-0.39, 0.29) is 60.8 Å². The van der Waals surface area contributed by atoms with Gasteiger partial charge in [-0.2, -0.15) is 0 Å². The number of likely N-dealkylation sites (tertiary alicyclic amines) is 2. The Labute approximate surface area is 392 Å². The average Bonchev–Trinajstić information content (AvgIpc) is 3.78. The summed E-state index contributed by atoms with van der Waals surface area (Å²) in [6.45, 7) is 5.09. The van der Waals surface area contributed by atoms with Crippen molar-refractivity contribution in [2.24, 2.45) is 5.92 Å². The largest absolute Gasteiger partial charge is 0.477 e. The van der Waals surface area contributed by atoms with Crippen molar-refractivity contribution in [3.63, 3.8) is 0 Å². The number of carbonyl (C=O) groups excluding carboxylic acids is 5. The topological polar surface area (TPSA) is 166 Å². The van der Waals surface area contributed by atoms with Crippen LogP contribution < -0.4 is 25.6 Å². The quantitative estimate of drug-likeness (QED) is 0.126. The fraction of sp³-hybridized carbons (Fsp3) is 0.420. The van der Waals surface area contributed by atoms with Crippen LogP contribution in [0.3, 0.4) is 0 Å². The Kier molecular flexibility index (Phi) is 12.5. The van der Waals surface area contributed by atoms with Gasteiger partial charge >= 0.3 is 0 Å². The number of hydrogen-bond donors (Lipinski definition) is 3. The molecule has 2 atom stereocenters. The number of benzene rings is 3. The predicted molar refractivity (Wildman–Crippen MR) is 254 cm³/mol. The molecule has 0 bridgehead atoms. The molecule has 5 aliphatic rings. The molecule has 5 aromatic rings. The Morgan fingerprint density at radius 2 is 1.62 bits per heavy atom. The van der Waals surface area contributed by atoms with Gasteiger partial charge in [-0.25, -0.2) is 9.97 Å². The molecule has 0 saturated carbocycles. The number of carbonyl (C=O) groups is 5. The molecule has 0 radical (unpaired) electrons. The minimum atomic E-state index is -1.26. The van der Waals surface area contributed by atoms with Crippen molar-refractivity contribution in [1.82, 2.24) is 30.4 Å². The fourth-order valence-electron chi connectivity index (χ4n) is 10.4. The van der Waals surface area contributed by atoms with Gasteiger partial charge in [-0.1, -0.05) is 48.0 Å². The van der Waals surface area contributed by atoms with Crippen LogP contribution in [0, 0.1) is 5.92 Å². The molecule has 14 nitrogen and oxygen atoms in total. The SMILES string of the molecule is O=C1CCC(c2ccnc(N3CCC(CN4CCC(NC(=O)C5(Oc6ccccc6-c6nc7cccc(Cl)c7s6)CCN(C(=O)[C@H]6CC(=O)Nc7ccccc76)CC5)CC4)CC3)c2)C(=O)N1. The van der Waals surface area contributed by atoms with Gasteiger partial charge in [0.15, 0.2) is 5.60 Å². The van der Waals surface area contributed by atoms with E-state index in [0.29, 0.717) is 48.3 Å². The third kappa shape index (κ3) is 9.12. The third-order valence-electron chi connectivity index (χ3n) is 14.2. The summed E-state index contributed by atoms with van der Waals surface area (Å²) in [4.78, 5) is 82.0. The van der Waals surface area contributed by atoms with E-state index < -0.39 is 11.5 Å². The highest BCUT2D eigenvalue weighted by molar-refractivity contribution is 7.22. The normalized spacial score (nSPS) is 21.8. The maximum absolute atomic E-state index is 14.8. The number of imide groups is 1. The van der Waals surface area contributed by atoms with E-state index in [9.17, 15) is 24.0 Å². The number of amides is 5. The lowest BCUT2D eigenvalue weighted by Crippen LogP contribution is -2.60. The van der Waals surface area contributed by atoms with Gasteiger partial charge < -0.3 is 30.1 Å². The molecule has 7 heterocycles. The van der Waals surface area contributed by atoms with Crippen molar-refractivity contribution in [3.05, 3.63) is 101 Å². The zero-order chi connectivity index (χ0) is 45.4. The number of pyridine rings is 1. The Balaban J connectivity index is 0.791. The third-order valence-corrected chi connectivity index (χ3v) is 15.7. The maximum atomic E-state index is 14.8. The lowest BCUT2D eigenvalue weighted by atomic mass is 9.86. The number of thiazole rings is 1. The minimum absolute atomic E-state index is 0.0302. The Hall–Kier alpha value is -5.90. The summed E-state index contributed by atoms with van der Waals surface area (Å²) < 4.78 is 7.86. The van der Waals surface area contributed by atoms with Crippen LogP contribution in [0.1, 0.15) is 80.8 Å². The molecule has 3 aromatic carbocycles. The van der Waals surface area contributed by atoms with Crippen LogP contribution >= 0.6 is 22.9 Å². The number of nitrogens with one attached hydrogen (secondary N) is 3. The Morgan fingerprint density at radius 3 is 2.41 bits per heavy atom. The van der Waals surface area contributed by atoms with Crippen molar-refractivity contribution in [2.75, 3.05) is 56.0 Å². The number of fused-ring (bicyclic) bond motifs is 2. The van der Waals surface area contributed by atoms with Crippen molar-refractivity contribution in [3.8, 4) is 16.3 Å². The molecule has 4 fully saturated rings. The number of piperidine rings is 4. The van der Waals surface area contributed by atoms with Crippen LogP contribution in [0.15, 0.2) is 85.1 Å². The first kappa shape index (κ1) is 44.0. The number of aromatic nitrogens is 2. The summed E-state index contributed by atoms with van der Waals surface area (Å²) in [5, 5.41) is 10.1. The monoisotopic (exact) mass is 928 g/mol. The lowest BCUT2D eigenvalue weighted by molar-refractivity contribution is -0.148. The van der Waals surface area contributed by atoms with Crippen LogP contribution in [-0.2, 0) is 24.0 Å². The van der Waals surface area contributed by atoms with Gasteiger partial charge in [0.1, 0.15) is 16.6 Å². The molecule has 342 valence electrons. The summed E-state index contributed by atoms with van der Waals surface area (Å²) in [6.07, 6.45) is 6.95. The van der Waals surface area contributed by atoms with E-state index in [2.05, 4.69) is 30.7 Å². The highest BCUT2D eigenvalue weighted by atomic mass is 35.5. The van der Waals surface area contributed by atoms with Gasteiger partial charge in [0.2, 0.25) is 23.6 Å². The zero-order valence-electron chi connectivity index (χ0n) is 36.7. The van der Waals surface area contributed by atoms with Gasteiger partial charge in [0.05, 0.1) is 32.6 Å². The zero-order valence-corrected chi connectivity index (χ0v) is 38.3. The summed E-state index contributed by atoms with van der Waals surface area (Å²) in [6, 6.07) is 24.6. The highest BCUT2D eigenvalue weighted by Gasteiger charge is 2.47. The van der Waals surface area contributed by atoms with Crippen molar-refractivity contribution in [1.29, 1.82) is 0 Å². The first-order valence-corrected chi connectivity index (χ1v) is 24.4. The molecular weight excluding hydrogens is 876 g/mol. The molecule has 2 aromatic heterocycles. The van der Waals surface area contributed by atoms with Crippen LogP contribution in [0.25, 0.3) is 20.8 Å². The average molecular weight is 930 g/mol. The van der Waals surface area contributed by atoms with Crippen LogP contribution in [-0.4, -0.2) is 107 Å². The minimum Gasteiger partial charge on any atom is -0.477 e. The van der Waals surface area contributed by atoms with E-state index in [1.807, 2.05) is 78.9 Å². The number of nitrogens with zero attached hydrogens (tertiary/aromatic N) is 5. The smallest absolute Gasteiger partial charge is 0.264 e. The van der Waals surface area contributed by atoms with Crippen LogP contribution in [0.4, 0.5) is 11.5 Å². The predicted octanol–water partition coefficient (Wildman–Crippen LogP) is 6.90. The molecule has 16 heteroatoms. The molecule has 66 heavy (non-hydrogen) atoms. The number of hydrogen-bond acceptors (Lipinski definition) is 11. The van der Waals surface area contributed by atoms with Gasteiger partial charge in [0.25, 0.3) is 5.91 Å². The molecule has 1 unspecified atom stereocenters. The van der Waals surface area contributed by atoms with Gasteiger partial charge in [-0.3, -0.25) is 29.3 Å². The van der Waals surface area contributed by atoms with E-state index >= 15 is 0 Å². The number of rotatable bonds is 10. The molecule has 0 aliphatic carbocycles. The van der Waals surface area contributed by atoms with E-state index in [4.69, 9.17) is 21.3 Å². The van der Waals surface area contributed by atoms with Gasteiger partial charge in [-0.05, 0) is 91.6 Å². The number of para-hydroxylation sites is 2. The molecule has 5 amide bonds. The van der Waals surface area contributed by atoms with Crippen LogP contribution in [0.5, 0.6) is 5.75 Å².